The summed E-state index contributed by atoms with van der Waals surface area (Å²) in [5.41, 5.74) is 9.06. The number of hydrogen-bond donors (Lipinski definition) is 1. The first kappa shape index (κ1) is 14.3. The van der Waals surface area contributed by atoms with Crippen LogP contribution in [0.1, 0.15) is 30.9 Å². The Morgan fingerprint density at radius 3 is 2.79 bits per heavy atom. The summed E-state index contributed by atoms with van der Waals surface area (Å²) in [7, 11) is 1.97. The Bertz CT molecular complexity index is 555. The van der Waals surface area contributed by atoms with Gasteiger partial charge in [0.1, 0.15) is 0 Å². The van der Waals surface area contributed by atoms with E-state index in [0.29, 0.717) is 0 Å². The van der Waals surface area contributed by atoms with Crippen molar-refractivity contribution in [3.05, 3.63) is 34.1 Å². The van der Waals surface area contributed by atoms with Gasteiger partial charge in [-0.25, -0.2) is 4.98 Å². The van der Waals surface area contributed by atoms with Crippen LogP contribution in [0.3, 0.4) is 0 Å². The summed E-state index contributed by atoms with van der Waals surface area (Å²) in [5.74, 6) is 0. The van der Waals surface area contributed by atoms with Crippen LogP contribution < -0.4 is 5.73 Å². The van der Waals surface area contributed by atoms with Gasteiger partial charge in [0, 0.05) is 25.7 Å². The first-order valence-electron chi connectivity index (χ1n) is 6.47. The topological polar surface area (TPSA) is 61.7 Å². The van der Waals surface area contributed by atoms with Crippen LogP contribution in [0.2, 0.25) is 0 Å². The summed E-state index contributed by atoms with van der Waals surface area (Å²) < 4.78 is 5.09. The van der Waals surface area contributed by atoms with Crippen LogP contribution in [0.25, 0.3) is 0 Å². The zero-order chi connectivity index (χ0) is 14.0. The third-order valence-electron chi connectivity index (χ3n) is 3.05. The van der Waals surface area contributed by atoms with E-state index in [0.717, 1.165) is 40.9 Å². The van der Waals surface area contributed by atoms with Crippen LogP contribution in [0, 0.1) is 0 Å². The Morgan fingerprint density at radius 2 is 2.21 bits per heavy atom. The maximum atomic E-state index is 5.78. The molecule has 0 bridgehead atoms. The van der Waals surface area contributed by atoms with Crippen molar-refractivity contribution in [3.63, 3.8) is 0 Å². The maximum Gasteiger partial charge on any atom is 0.0953 e. The summed E-state index contributed by atoms with van der Waals surface area (Å²) >= 11 is 3.63. The SMILES string of the molecule is CCc1nn(C)c(Cn2cnc(CC(C)N)c2)c1Br. The van der Waals surface area contributed by atoms with Crippen molar-refractivity contribution in [1.29, 1.82) is 0 Å². The van der Waals surface area contributed by atoms with Crippen molar-refractivity contribution < 1.29 is 0 Å². The lowest BCUT2D eigenvalue weighted by atomic mass is 10.2. The number of aryl methyl sites for hydroxylation is 2. The zero-order valence-electron chi connectivity index (χ0n) is 11.6. The van der Waals surface area contributed by atoms with Gasteiger partial charge in [-0.1, -0.05) is 6.92 Å². The predicted octanol–water partition coefficient (Wildman–Crippen LogP) is 1.88. The fourth-order valence-electron chi connectivity index (χ4n) is 2.09. The van der Waals surface area contributed by atoms with Gasteiger partial charge < -0.3 is 10.3 Å². The highest BCUT2D eigenvalue weighted by molar-refractivity contribution is 9.10. The van der Waals surface area contributed by atoms with Crippen molar-refractivity contribution >= 4 is 15.9 Å². The summed E-state index contributed by atoms with van der Waals surface area (Å²) in [4.78, 5) is 4.38. The first-order chi connectivity index (χ1) is 9.01. The highest BCUT2D eigenvalue weighted by Gasteiger charge is 2.13. The molecule has 0 saturated carbocycles. The van der Waals surface area contributed by atoms with Crippen molar-refractivity contribution in [3.8, 4) is 0 Å². The molecule has 0 aliphatic rings. The molecule has 0 amide bonds. The molecule has 2 aromatic heterocycles. The monoisotopic (exact) mass is 325 g/mol. The second-order valence-corrected chi connectivity index (χ2v) is 5.70. The van der Waals surface area contributed by atoms with Crippen molar-refractivity contribution in [1.82, 2.24) is 19.3 Å². The van der Waals surface area contributed by atoms with E-state index in [-0.39, 0.29) is 6.04 Å². The smallest absolute Gasteiger partial charge is 0.0953 e. The summed E-state index contributed by atoms with van der Waals surface area (Å²) in [6.07, 6.45) is 5.63. The van der Waals surface area contributed by atoms with Gasteiger partial charge in [-0.05, 0) is 29.3 Å². The molecule has 0 radical (unpaired) electrons. The quantitative estimate of drug-likeness (QED) is 0.913. The van der Waals surface area contributed by atoms with Crippen molar-refractivity contribution in [2.45, 2.75) is 39.3 Å². The van der Waals surface area contributed by atoms with Gasteiger partial charge in [0.2, 0.25) is 0 Å². The second kappa shape index (κ2) is 5.88. The Hall–Kier alpha value is -1.14. The lowest BCUT2D eigenvalue weighted by Crippen LogP contribution is -2.17. The lowest BCUT2D eigenvalue weighted by Gasteiger charge is -2.04. The maximum absolute atomic E-state index is 5.78. The molecule has 1 unspecified atom stereocenters. The molecule has 1 atom stereocenters. The number of aromatic nitrogens is 4. The number of hydrogen-bond acceptors (Lipinski definition) is 3. The summed E-state index contributed by atoms with van der Waals surface area (Å²) in [6, 6.07) is 0.137. The van der Waals surface area contributed by atoms with Gasteiger partial charge in [-0.3, -0.25) is 4.68 Å². The second-order valence-electron chi connectivity index (χ2n) is 4.90. The molecule has 104 valence electrons. The predicted molar refractivity (Wildman–Crippen MR) is 79.0 cm³/mol. The molecule has 2 N–H and O–H groups in total. The minimum atomic E-state index is 0.137. The van der Waals surface area contributed by atoms with E-state index in [2.05, 4.69) is 43.7 Å². The van der Waals surface area contributed by atoms with E-state index in [1.807, 2.05) is 25.0 Å². The molecule has 6 heteroatoms. The molecule has 0 aromatic carbocycles. The van der Waals surface area contributed by atoms with E-state index in [1.54, 1.807) is 0 Å². The Morgan fingerprint density at radius 1 is 1.47 bits per heavy atom. The Labute approximate surface area is 121 Å². The third-order valence-corrected chi connectivity index (χ3v) is 3.97. The van der Waals surface area contributed by atoms with Crippen molar-refractivity contribution in [2.75, 3.05) is 0 Å². The van der Waals surface area contributed by atoms with Gasteiger partial charge in [0.15, 0.2) is 0 Å². The highest BCUT2D eigenvalue weighted by atomic mass is 79.9. The molecule has 2 aromatic rings. The average molecular weight is 326 g/mol. The molecule has 2 heterocycles. The van der Waals surface area contributed by atoms with Crippen molar-refractivity contribution in [2.24, 2.45) is 12.8 Å². The molecular weight excluding hydrogens is 306 g/mol. The number of rotatable bonds is 5. The van der Waals surface area contributed by atoms with Gasteiger partial charge in [0.05, 0.1) is 34.4 Å². The minimum Gasteiger partial charge on any atom is -0.331 e. The van der Waals surface area contributed by atoms with E-state index in [1.165, 1.54) is 0 Å². The third kappa shape index (κ3) is 3.25. The van der Waals surface area contributed by atoms with E-state index < -0.39 is 0 Å². The number of imidazole rings is 1. The largest absolute Gasteiger partial charge is 0.331 e. The molecule has 0 spiro atoms. The molecular formula is C13H20BrN5. The average Bonchev–Trinajstić information content (AvgIpc) is 2.88. The minimum absolute atomic E-state index is 0.137. The van der Waals surface area contributed by atoms with Gasteiger partial charge in [-0.2, -0.15) is 5.10 Å². The molecule has 0 saturated heterocycles. The summed E-state index contributed by atoms with van der Waals surface area (Å²) in [6.45, 7) is 4.86. The van der Waals surface area contributed by atoms with Crippen LogP contribution in [0.5, 0.6) is 0 Å². The summed E-state index contributed by atoms with van der Waals surface area (Å²) in [5, 5.41) is 4.50. The molecule has 19 heavy (non-hydrogen) atoms. The van der Waals surface area contributed by atoms with E-state index in [4.69, 9.17) is 5.73 Å². The van der Waals surface area contributed by atoms with Gasteiger partial charge >= 0.3 is 0 Å². The zero-order valence-corrected chi connectivity index (χ0v) is 13.2. The van der Waals surface area contributed by atoms with Crippen LogP contribution >= 0.6 is 15.9 Å². The van der Waals surface area contributed by atoms with Crippen LogP contribution in [0.15, 0.2) is 17.0 Å². The van der Waals surface area contributed by atoms with Gasteiger partial charge in [0.25, 0.3) is 0 Å². The van der Waals surface area contributed by atoms with Crippen LogP contribution in [0.4, 0.5) is 0 Å². The molecule has 0 aliphatic heterocycles. The first-order valence-corrected chi connectivity index (χ1v) is 7.27. The molecule has 0 fully saturated rings. The highest BCUT2D eigenvalue weighted by Crippen LogP contribution is 2.22. The van der Waals surface area contributed by atoms with Crippen LogP contribution in [-0.4, -0.2) is 25.4 Å². The van der Waals surface area contributed by atoms with E-state index in [9.17, 15) is 0 Å². The van der Waals surface area contributed by atoms with Gasteiger partial charge in [-0.15, -0.1) is 0 Å². The number of nitrogens with two attached hydrogens (primary N) is 1. The fraction of sp³-hybridized carbons (Fsp3) is 0.538. The fourth-order valence-corrected chi connectivity index (χ4v) is 2.83. The molecule has 5 nitrogen and oxygen atoms in total. The number of nitrogens with zero attached hydrogens (tertiary/aromatic N) is 4. The Balaban J connectivity index is 2.17. The normalized spacial score (nSPS) is 12.9. The van der Waals surface area contributed by atoms with E-state index >= 15 is 0 Å². The van der Waals surface area contributed by atoms with Crippen LogP contribution in [-0.2, 0) is 26.4 Å². The number of halogens is 1. The molecule has 2 rings (SSSR count). The standard InChI is InChI=1S/C13H20BrN5/c1-4-11-13(14)12(18(3)17-11)7-19-6-10(16-8-19)5-9(2)15/h6,8-9H,4-5,7,15H2,1-3H3. The lowest BCUT2D eigenvalue weighted by molar-refractivity contribution is 0.658. The molecule has 0 aliphatic carbocycles. The Kier molecular flexibility index (Phi) is 4.42.